The number of aliphatic hydroxyl groups is 1. The van der Waals surface area contributed by atoms with Crippen molar-refractivity contribution in [2.24, 2.45) is 5.41 Å². The van der Waals surface area contributed by atoms with Gasteiger partial charge in [-0.1, -0.05) is 13.8 Å². The molecule has 0 saturated heterocycles. The molecule has 0 unspecified atom stereocenters. The fourth-order valence-electron chi connectivity index (χ4n) is 1.23. The molecule has 0 aliphatic rings. The fraction of sp³-hybridized carbons (Fsp3) is 0.900. The maximum atomic E-state index is 10.9. The van der Waals surface area contributed by atoms with Crippen LogP contribution in [0.25, 0.3) is 0 Å². The Morgan fingerprint density at radius 2 is 1.93 bits per heavy atom. The van der Waals surface area contributed by atoms with Gasteiger partial charge in [0, 0.05) is 13.0 Å². The second-order valence-corrected chi connectivity index (χ2v) is 4.07. The lowest BCUT2D eigenvalue weighted by atomic mass is 9.83. The van der Waals surface area contributed by atoms with Crippen LogP contribution in [0.2, 0.25) is 0 Å². The van der Waals surface area contributed by atoms with Gasteiger partial charge in [0.1, 0.15) is 0 Å². The van der Waals surface area contributed by atoms with E-state index in [1.807, 2.05) is 0 Å². The van der Waals surface area contributed by atoms with Crippen molar-refractivity contribution in [3.8, 4) is 0 Å². The second-order valence-electron chi connectivity index (χ2n) is 4.07. The predicted molar refractivity (Wildman–Crippen MR) is 56.4 cm³/mol. The highest BCUT2D eigenvalue weighted by molar-refractivity contribution is 5.69. The zero-order chi connectivity index (χ0) is 10.3. The molecule has 4 nitrogen and oxygen atoms in total. The summed E-state index contributed by atoms with van der Waals surface area (Å²) in [5.74, 6) is -0.155. The van der Waals surface area contributed by atoms with E-state index in [0.29, 0.717) is 6.42 Å². The Bertz CT molecular complexity index is 157. The minimum absolute atomic E-state index is 0. The predicted octanol–water partition coefficient (Wildman–Crippen LogP) is 1.90. The summed E-state index contributed by atoms with van der Waals surface area (Å²) >= 11 is 0. The fourth-order valence-corrected chi connectivity index (χ4v) is 1.23. The van der Waals surface area contributed by atoms with E-state index in [1.54, 1.807) is 0 Å². The molecule has 14 heavy (non-hydrogen) atoms. The Kier molecular flexibility index (Phi) is 8.79. The van der Waals surface area contributed by atoms with E-state index in [2.05, 4.69) is 18.6 Å². The van der Waals surface area contributed by atoms with Crippen LogP contribution in [0.4, 0.5) is 0 Å². The lowest BCUT2D eigenvalue weighted by Gasteiger charge is -2.23. The lowest BCUT2D eigenvalue weighted by Crippen LogP contribution is -2.14. The highest BCUT2D eigenvalue weighted by atomic mass is 16.5. The van der Waals surface area contributed by atoms with Gasteiger partial charge in [-0.15, -0.1) is 0 Å². The minimum atomic E-state index is -0.155. The van der Waals surface area contributed by atoms with Gasteiger partial charge in [-0.05, 0) is 24.7 Å². The van der Waals surface area contributed by atoms with Crippen LogP contribution in [-0.4, -0.2) is 24.8 Å². The summed E-state index contributed by atoms with van der Waals surface area (Å²) in [6.45, 7) is 4.43. The van der Waals surface area contributed by atoms with E-state index < -0.39 is 0 Å². The molecule has 0 aliphatic heterocycles. The SMILES string of the molecule is COC(=O)CCC(C)(C)CCCO.N. The number of methoxy groups -OCH3 is 1. The third-order valence-electron chi connectivity index (χ3n) is 2.25. The molecule has 0 atom stereocenters. The Morgan fingerprint density at radius 1 is 1.36 bits per heavy atom. The highest BCUT2D eigenvalue weighted by Gasteiger charge is 2.18. The Hall–Kier alpha value is -0.610. The summed E-state index contributed by atoms with van der Waals surface area (Å²) in [7, 11) is 1.41. The van der Waals surface area contributed by atoms with Gasteiger partial charge < -0.3 is 16.0 Å². The second kappa shape index (κ2) is 7.76. The molecule has 0 aromatic heterocycles. The molecule has 0 spiro atoms. The van der Waals surface area contributed by atoms with Crippen LogP contribution in [0.1, 0.15) is 39.5 Å². The van der Waals surface area contributed by atoms with Crippen LogP contribution in [0.15, 0.2) is 0 Å². The zero-order valence-corrected chi connectivity index (χ0v) is 9.51. The van der Waals surface area contributed by atoms with Gasteiger partial charge in [-0.3, -0.25) is 4.79 Å². The number of hydrogen-bond donors (Lipinski definition) is 2. The molecule has 0 heterocycles. The molecule has 4 heteroatoms. The third-order valence-corrected chi connectivity index (χ3v) is 2.25. The molecule has 0 aromatic rings. The third kappa shape index (κ3) is 8.01. The average Bonchev–Trinajstić information content (AvgIpc) is 2.11. The van der Waals surface area contributed by atoms with Crippen LogP contribution in [-0.2, 0) is 9.53 Å². The quantitative estimate of drug-likeness (QED) is 0.649. The topological polar surface area (TPSA) is 81.5 Å². The van der Waals surface area contributed by atoms with Crippen molar-refractivity contribution < 1.29 is 14.6 Å². The summed E-state index contributed by atoms with van der Waals surface area (Å²) in [6.07, 6.45) is 3.03. The molecule has 0 fully saturated rings. The van der Waals surface area contributed by atoms with E-state index >= 15 is 0 Å². The monoisotopic (exact) mass is 205 g/mol. The largest absolute Gasteiger partial charge is 0.469 e. The molecule has 0 radical (unpaired) electrons. The van der Waals surface area contributed by atoms with Crippen LogP contribution in [0, 0.1) is 5.41 Å². The number of hydrogen-bond acceptors (Lipinski definition) is 4. The standard InChI is InChI=1S/C10H20O3.H3N/c1-10(2,6-4-8-11)7-5-9(12)13-3;/h11H,4-8H2,1-3H3;1H3. The van der Waals surface area contributed by atoms with E-state index in [0.717, 1.165) is 19.3 Å². The molecule has 0 aromatic carbocycles. The highest BCUT2D eigenvalue weighted by Crippen LogP contribution is 2.28. The summed E-state index contributed by atoms with van der Waals surface area (Å²) in [5.41, 5.74) is 0.122. The molecule has 0 saturated carbocycles. The number of rotatable bonds is 6. The Morgan fingerprint density at radius 3 is 2.36 bits per heavy atom. The van der Waals surface area contributed by atoms with Crippen molar-refractivity contribution in [1.29, 1.82) is 0 Å². The lowest BCUT2D eigenvalue weighted by molar-refractivity contribution is -0.141. The van der Waals surface area contributed by atoms with Crippen molar-refractivity contribution in [3.63, 3.8) is 0 Å². The Balaban J connectivity index is 0. The van der Waals surface area contributed by atoms with E-state index in [1.165, 1.54) is 7.11 Å². The summed E-state index contributed by atoms with van der Waals surface area (Å²) in [5, 5.41) is 8.66. The van der Waals surface area contributed by atoms with E-state index in [9.17, 15) is 4.79 Å². The van der Waals surface area contributed by atoms with Gasteiger partial charge in [-0.25, -0.2) is 0 Å². The van der Waals surface area contributed by atoms with Gasteiger partial charge in [0.05, 0.1) is 7.11 Å². The van der Waals surface area contributed by atoms with Crippen molar-refractivity contribution >= 4 is 5.97 Å². The number of aliphatic hydroxyl groups excluding tert-OH is 1. The molecule has 0 rings (SSSR count). The van der Waals surface area contributed by atoms with Gasteiger partial charge >= 0.3 is 5.97 Å². The van der Waals surface area contributed by atoms with Gasteiger partial charge in [0.15, 0.2) is 0 Å². The maximum absolute atomic E-state index is 10.9. The smallest absolute Gasteiger partial charge is 0.305 e. The number of carbonyl (C=O) groups excluding carboxylic acids is 1. The van der Waals surface area contributed by atoms with Crippen molar-refractivity contribution in [1.82, 2.24) is 6.15 Å². The van der Waals surface area contributed by atoms with Crippen molar-refractivity contribution in [2.45, 2.75) is 39.5 Å². The van der Waals surface area contributed by atoms with Gasteiger partial charge in [0.25, 0.3) is 0 Å². The molecule has 0 bridgehead atoms. The zero-order valence-electron chi connectivity index (χ0n) is 9.51. The first-order valence-corrected chi connectivity index (χ1v) is 4.69. The number of carbonyl (C=O) groups is 1. The Labute approximate surface area is 86.2 Å². The molecular formula is C10H23NO3. The normalized spacial score (nSPS) is 10.6. The number of esters is 1. The van der Waals surface area contributed by atoms with Crippen LogP contribution in [0.5, 0.6) is 0 Å². The summed E-state index contributed by atoms with van der Waals surface area (Å²) in [6, 6.07) is 0. The van der Waals surface area contributed by atoms with Crippen molar-refractivity contribution in [3.05, 3.63) is 0 Å². The molecule has 86 valence electrons. The van der Waals surface area contributed by atoms with E-state index in [-0.39, 0.29) is 24.1 Å². The van der Waals surface area contributed by atoms with E-state index in [4.69, 9.17) is 5.11 Å². The van der Waals surface area contributed by atoms with Crippen LogP contribution in [0.3, 0.4) is 0 Å². The molecule has 0 amide bonds. The van der Waals surface area contributed by atoms with Crippen molar-refractivity contribution in [2.75, 3.05) is 13.7 Å². The van der Waals surface area contributed by atoms with Crippen LogP contribution < -0.4 is 6.15 Å². The minimum Gasteiger partial charge on any atom is -0.469 e. The first kappa shape index (κ1) is 15.8. The maximum Gasteiger partial charge on any atom is 0.305 e. The van der Waals surface area contributed by atoms with Crippen LogP contribution >= 0.6 is 0 Å². The molecule has 4 N–H and O–H groups in total. The molecule has 0 aliphatic carbocycles. The molecular weight excluding hydrogens is 182 g/mol. The average molecular weight is 205 g/mol. The summed E-state index contributed by atoms with van der Waals surface area (Å²) < 4.78 is 4.56. The first-order valence-electron chi connectivity index (χ1n) is 4.69. The van der Waals surface area contributed by atoms with Gasteiger partial charge in [0.2, 0.25) is 0 Å². The van der Waals surface area contributed by atoms with Gasteiger partial charge in [-0.2, -0.15) is 0 Å². The first-order chi connectivity index (χ1) is 6.02. The number of ether oxygens (including phenoxy) is 1. The summed E-state index contributed by atoms with van der Waals surface area (Å²) in [4.78, 5) is 10.9.